The summed E-state index contributed by atoms with van der Waals surface area (Å²) >= 11 is 0. The topological polar surface area (TPSA) is 76.2 Å². The summed E-state index contributed by atoms with van der Waals surface area (Å²) in [6, 6.07) is 15.0. The minimum atomic E-state index is -0.0423. The molecule has 0 aliphatic carbocycles. The van der Waals surface area contributed by atoms with Crippen LogP contribution in [-0.4, -0.2) is 29.8 Å². The molecule has 0 fully saturated rings. The van der Waals surface area contributed by atoms with E-state index in [0.29, 0.717) is 19.4 Å². The molecule has 3 rings (SSSR count). The first-order chi connectivity index (χ1) is 12.8. The predicted octanol–water partition coefficient (Wildman–Crippen LogP) is 3.88. The van der Waals surface area contributed by atoms with E-state index >= 15 is 0 Å². The summed E-state index contributed by atoms with van der Waals surface area (Å²) in [4.78, 5) is 12.2. The summed E-state index contributed by atoms with van der Waals surface area (Å²) in [7, 11) is 1.62. The summed E-state index contributed by atoms with van der Waals surface area (Å²) in [5, 5.41) is 9.70. The maximum absolute atomic E-state index is 12.2. The van der Waals surface area contributed by atoms with E-state index in [1.165, 1.54) is 0 Å². The zero-order chi connectivity index (χ0) is 18.2. The van der Waals surface area contributed by atoms with Crippen LogP contribution in [0.5, 0.6) is 11.5 Å². The number of hydrogen-bond donors (Lipinski definition) is 2. The van der Waals surface area contributed by atoms with Crippen molar-refractivity contribution in [3.8, 4) is 22.6 Å². The Bertz CT molecular complexity index is 830. The van der Waals surface area contributed by atoms with E-state index in [0.717, 1.165) is 28.3 Å². The van der Waals surface area contributed by atoms with Crippen LogP contribution >= 0.6 is 0 Å². The van der Waals surface area contributed by atoms with E-state index < -0.39 is 0 Å². The maximum Gasteiger partial charge on any atom is 0.224 e. The molecule has 0 aliphatic heterocycles. The molecule has 3 aromatic rings. The van der Waals surface area contributed by atoms with Crippen molar-refractivity contribution in [3.05, 3.63) is 60.9 Å². The average Bonchev–Trinajstić information content (AvgIpc) is 3.21. The molecule has 0 saturated carbocycles. The zero-order valence-electron chi connectivity index (χ0n) is 14.6. The number of H-pyrrole nitrogens is 1. The molecular weight excluding hydrogens is 330 g/mol. The van der Waals surface area contributed by atoms with Gasteiger partial charge in [-0.1, -0.05) is 18.2 Å². The molecule has 2 aromatic carbocycles. The van der Waals surface area contributed by atoms with Crippen molar-refractivity contribution in [1.82, 2.24) is 10.2 Å². The maximum atomic E-state index is 12.2. The van der Waals surface area contributed by atoms with Gasteiger partial charge in [-0.3, -0.25) is 9.89 Å². The molecule has 6 nitrogen and oxygen atoms in total. The lowest BCUT2D eigenvalue weighted by Crippen LogP contribution is -2.13. The summed E-state index contributed by atoms with van der Waals surface area (Å²) in [5.74, 6) is 1.50. The number of amides is 1. The largest absolute Gasteiger partial charge is 0.497 e. The first kappa shape index (κ1) is 17.5. The Kier molecular flexibility index (Phi) is 5.88. The van der Waals surface area contributed by atoms with Gasteiger partial charge in [-0.25, -0.2) is 0 Å². The van der Waals surface area contributed by atoms with Gasteiger partial charge >= 0.3 is 0 Å². The Morgan fingerprint density at radius 1 is 1.12 bits per heavy atom. The van der Waals surface area contributed by atoms with Crippen LogP contribution in [0.2, 0.25) is 0 Å². The molecule has 0 aliphatic rings. The van der Waals surface area contributed by atoms with Crippen LogP contribution < -0.4 is 14.8 Å². The van der Waals surface area contributed by atoms with Gasteiger partial charge in [0.15, 0.2) is 0 Å². The SMILES string of the molecule is COc1ccc(OCCCC(=O)Nc2ccccc2-c2cn[nH]c2)cc1. The molecule has 0 radical (unpaired) electrons. The summed E-state index contributed by atoms with van der Waals surface area (Å²) < 4.78 is 10.7. The van der Waals surface area contributed by atoms with Crippen LogP contribution in [0.4, 0.5) is 5.69 Å². The number of methoxy groups -OCH3 is 1. The lowest BCUT2D eigenvalue weighted by Gasteiger charge is -2.10. The molecule has 0 spiro atoms. The highest BCUT2D eigenvalue weighted by Gasteiger charge is 2.09. The number of aromatic amines is 1. The van der Waals surface area contributed by atoms with E-state index in [1.54, 1.807) is 19.5 Å². The minimum absolute atomic E-state index is 0.0423. The molecular formula is C20H21N3O3. The average molecular weight is 351 g/mol. The molecule has 26 heavy (non-hydrogen) atoms. The van der Waals surface area contributed by atoms with E-state index in [9.17, 15) is 4.79 Å². The summed E-state index contributed by atoms with van der Waals surface area (Å²) in [6.45, 7) is 0.475. The molecule has 0 bridgehead atoms. The second-order valence-electron chi connectivity index (χ2n) is 5.71. The van der Waals surface area contributed by atoms with E-state index in [1.807, 2.05) is 48.5 Å². The number of rotatable bonds is 8. The van der Waals surface area contributed by atoms with Crippen LogP contribution in [0.15, 0.2) is 60.9 Å². The van der Waals surface area contributed by atoms with Gasteiger partial charge in [0.25, 0.3) is 0 Å². The number of para-hydroxylation sites is 1. The van der Waals surface area contributed by atoms with Crippen molar-refractivity contribution in [3.63, 3.8) is 0 Å². The number of ether oxygens (including phenoxy) is 2. The molecule has 1 amide bonds. The number of nitrogens with one attached hydrogen (secondary N) is 2. The van der Waals surface area contributed by atoms with Crippen LogP contribution in [0.25, 0.3) is 11.1 Å². The van der Waals surface area contributed by atoms with Crippen LogP contribution in [0.3, 0.4) is 0 Å². The molecule has 2 N–H and O–H groups in total. The highest BCUT2D eigenvalue weighted by Crippen LogP contribution is 2.27. The number of benzene rings is 2. The number of hydrogen-bond acceptors (Lipinski definition) is 4. The fraction of sp³-hybridized carbons (Fsp3) is 0.200. The normalized spacial score (nSPS) is 10.3. The molecule has 0 saturated heterocycles. The third-order valence-corrected chi connectivity index (χ3v) is 3.89. The highest BCUT2D eigenvalue weighted by molar-refractivity contribution is 5.95. The Hall–Kier alpha value is -3.28. The van der Waals surface area contributed by atoms with Gasteiger partial charge in [-0.05, 0) is 36.8 Å². The summed E-state index contributed by atoms with van der Waals surface area (Å²) in [5.41, 5.74) is 2.64. The van der Waals surface area contributed by atoms with Gasteiger partial charge < -0.3 is 14.8 Å². The van der Waals surface area contributed by atoms with E-state index in [2.05, 4.69) is 15.5 Å². The first-order valence-electron chi connectivity index (χ1n) is 8.41. The second kappa shape index (κ2) is 8.71. The Morgan fingerprint density at radius 2 is 1.88 bits per heavy atom. The Labute approximate surface area is 152 Å². The van der Waals surface area contributed by atoms with Crippen LogP contribution in [-0.2, 0) is 4.79 Å². The third-order valence-electron chi connectivity index (χ3n) is 3.89. The molecule has 134 valence electrons. The lowest BCUT2D eigenvalue weighted by atomic mass is 10.1. The predicted molar refractivity (Wildman–Crippen MR) is 100 cm³/mol. The van der Waals surface area contributed by atoms with Crippen molar-refractivity contribution < 1.29 is 14.3 Å². The molecule has 6 heteroatoms. The summed E-state index contributed by atoms with van der Waals surface area (Å²) in [6.07, 6.45) is 4.54. The third kappa shape index (κ3) is 4.63. The van der Waals surface area contributed by atoms with Gasteiger partial charge in [0.1, 0.15) is 11.5 Å². The number of carbonyl (C=O) groups excluding carboxylic acids is 1. The molecule has 0 atom stereocenters. The lowest BCUT2D eigenvalue weighted by molar-refractivity contribution is -0.116. The second-order valence-corrected chi connectivity index (χ2v) is 5.71. The van der Waals surface area contributed by atoms with Crippen molar-refractivity contribution in [2.75, 3.05) is 19.0 Å². The fourth-order valence-corrected chi connectivity index (χ4v) is 2.55. The smallest absolute Gasteiger partial charge is 0.224 e. The highest BCUT2D eigenvalue weighted by atomic mass is 16.5. The van der Waals surface area contributed by atoms with E-state index in [-0.39, 0.29) is 5.91 Å². The standard InChI is InChI=1S/C20H21N3O3/c1-25-16-8-10-17(11-9-16)26-12-4-7-20(24)23-19-6-3-2-5-18(19)15-13-21-22-14-15/h2-3,5-6,8-11,13-14H,4,7,12H2,1H3,(H,21,22)(H,23,24). The van der Waals surface area contributed by atoms with Crippen LogP contribution in [0, 0.1) is 0 Å². The molecule has 1 aromatic heterocycles. The Morgan fingerprint density at radius 3 is 2.62 bits per heavy atom. The van der Waals surface area contributed by atoms with Crippen molar-refractivity contribution >= 4 is 11.6 Å². The van der Waals surface area contributed by atoms with Gasteiger partial charge in [0, 0.05) is 29.4 Å². The van der Waals surface area contributed by atoms with E-state index in [4.69, 9.17) is 9.47 Å². The minimum Gasteiger partial charge on any atom is -0.497 e. The first-order valence-corrected chi connectivity index (χ1v) is 8.41. The Balaban J connectivity index is 1.47. The van der Waals surface area contributed by atoms with Gasteiger partial charge in [-0.15, -0.1) is 0 Å². The zero-order valence-corrected chi connectivity index (χ0v) is 14.6. The van der Waals surface area contributed by atoms with Crippen LogP contribution in [0.1, 0.15) is 12.8 Å². The fourth-order valence-electron chi connectivity index (χ4n) is 2.55. The quantitative estimate of drug-likeness (QED) is 0.604. The van der Waals surface area contributed by atoms with Crippen molar-refractivity contribution in [2.45, 2.75) is 12.8 Å². The molecule has 1 heterocycles. The van der Waals surface area contributed by atoms with Gasteiger partial charge in [0.05, 0.1) is 19.9 Å². The van der Waals surface area contributed by atoms with Crippen molar-refractivity contribution in [2.24, 2.45) is 0 Å². The monoisotopic (exact) mass is 351 g/mol. The van der Waals surface area contributed by atoms with Gasteiger partial charge in [-0.2, -0.15) is 5.10 Å². The number of carbonyl (C=O) groups is 1. The number of anilines is 1. The van der Waals surface area contributed by atoms with Gasteiger partial charge in [0.2, 0.25) is 5.91 Å². The number of nitrogens with zero attached hydrogens (tertiary/aromatic N) is 1. The number of aromatic nitrogens is 2. The van der Waals surface area contributed by atoms with Crippen molar-refractivity contribution in [1.29, 1.82) is 0 Å². The molecule has 0 unspecified atom stereocenters.